The molecule has 3 N–H and O–H groups in total. The maximum Gasteiger partial charge on any atom is 0.243 e. The van der Waals surface area contributed by atoms with Crippen molar-refractivity contribution in [1.29, 1.82) is 0 Å². The van der Waals surface area contributed by atoms with Crippen LogP contribution in [0.2, 0.25) is 0 Å². The Bertz CT molecular complexity index is 765. The molecule has 0 radical (unpaired) electrons. The Balaban J connectivity index is 0.00000261. The lowest BCUT2D eigenvalue weighted by Gasteiger charge is -2.27. The molecule has 1 aliphatic carbocycles. The second-order valence-corrected chi connectivity index (χ2v) is 9.04. The third kappa shape index (κ3) is 6.14. The fourth-order valence-electron chi connectivity index (χ4n) is 3.36. The molecule has 1 aliphatic heterocycles. The molecule has 1 saturated heterocycles. The smallest absolute Gasteiger partial charge is 0.243 e. The monoisotopic (exact) mass is 419 g/mol. The SMILES string of the molecule is CC(CC(=O)Nc1ccc(F)c(S(=O)(=O)NC2CC2)c1)C1CCNCC1.Cl. The first-order valence-electron chi connectivity index (χ1n) is 9.17. The van der Waals surface area contributed by atoms with Crippen LogP contribution in [-0.2, 0) is 14.8 Å². The van der Waals surface area contributed by atoms with Crippen LogP contribution in [0.25, 0.3) is 0 Å². The fraction of sp³-hybridized carbons (Fsp3) is 0.611. The van der Waals surface area contributed by atoms with Crippen molar-refractivity contribution in [1.82, 2.24) is 10.0 Å². The van der Waals surface area contributed by atoms with E-state index in [1.165, 1.54) is 12.1 Å². The number of sulfonamides is 1. The van der Waals surface area contributed by atoms with Gasteiger partial charge in [-0.05, 0) is 68.8 Å². The predicted octanol–water partition coefficient (Wildman–Crippen LogP) is 2.65. The number of rotatable bonds is 7. The van der Waals surface area contributed by atoms with Crippen molar-refractivity contribution in [3.05, 3.63) is 24.0 Å². The molecule has 0 spiro atoms. The standard InChI is InChI=1S/C18H26FN3O3S.ClH/c1-12(13-6-8-20-9-7-13)10-18(23)21-15-4-5-16(19)17(11-15)26(24,25)22-14-2-3-14;/h4-5,11-14,20,22H,2-3,6-10H2,1H3,(H,21,23);1H. The van der Waals surface area contributed by atoms with Gasteiger partial charge in [-0.1, -0.05) is 6.92 Å². The van der Waals surface area contributed by atoms with E-state index >= 15 is 0 Å². The molecule has 1 amide bonds. The van der Waals surface area contributed by atoms with Crippen LogP contribution in [0, 0.1) is 17.7 Å². The highest BCUT2D eigenvalue weighted by molar-refractivity contribution is 7.89. The van der Waals surface area contributed by atoms with Crippen LogP contribution in [0.3, 0.4) is 0 Å². The number of halogens is 2. The lowest BCUT2D eigenvalue weighted by atomic mass is 9.84. The minimum absolute atomic E-state index is 0. The van der Waals surface area contributed by atoms with Gasteiger partial charge < -0.3 is 10.6 Å². The first-order valence-corrected chi connectivity index (χ1v) is 10.7. The van der Waals surface area contributed by atoms with E-state index in [2.05, 4.69) is 22.3 Å². The van der Waals surface area contributed by atoms with E-state index in [9.17, 15) is 17.6 Å². The molecule has 1 unspecified atom stereocenters. The Labute approximate surface area is 166 Å². The van der Waals surface area contributed by atoms with Crippen molar-refractivity contribution < 1.29 is 17.6 Å². The summed E-state index contributed by atoms with van der Waals surface area (Å²) >= 11 is 0. The fourth-order valence-corrected chi connectivity index (χ4v) is 4.76. The Kier molecular flexibility index (Phi) is 7.62. The Morgan fingerprint density at radius 3 is 2.56 bits per heavy atom. The number of anilines is 1. The molecule has 9 heteroatoms. The van der Waals surface area contributed by atoms with Gasteiger partial charge in [0.2, 0.25) is 15.9 Å². The number of benzene rings is 1. The zero-order valence-corrected chi connectivity index (χ0v) is 17.0. The second-order valence-electron chi connectivity index (χ2n) is 7.36. The summed E-state index contributed by atoms with van der Waals surface area (Å²) in [5, 5.41) is 6.01. The van der Waals surface area contributed by atoms with Crippen LogP contribution in [0.4, 0.5) is 10.1 Å². The number of carbonyl (C=O) groups is 1. The van der Waals surface area contributed by atoms with Crippen LogP contribution in [0.5, 0.6) is 0 Å². The Morgan fingerprint density at radius 2 is 1.93 bits per heavy atom. The van der Waals surface area contributed by atoms with Crippen molar-refractivity contribution in [2.75, 3.05) is 18.4 Å². The van der Waals surface area contributed by atoms with Crippen LogP contribution >= 0.6 is 12.4 Å². The molecular weight excluding hydrogens is 393 g/mol. The highest BCUT2D eigenvalue weighted by Gasteiger charge is 2.30. The van der Waals surface area contributed by atoms with Gasteiger partial charge in [-0.3, -0.25) is 4.79 Å². The van der Waals surface area contributed by atoms with Gasteiger partial charge in [-0.2, -0.15) is 0 Å². The van der Waals surface area contributed by atoms with Crippen LogP contribution in [0.15, 0.2) is 23.1 Å². The van der Waals surface area contributed by atoms with E-state index in [-0.39, 0.29) is 30.3 Å². The lowest BCUT2D eigenvalue weighted by molar-refractivity contribution is -0.117. The van der Waals surface area contributed by atoms with E-state index in [4.69, 9.17) is 0 Å². The molecule has 1 saturated carbocycles. The van der Waals surface area contributed by atoms with Crippen LogP contribution in [0.1, 0.15) is 39.0 Å². The summed E-state index contributed by atoms with van der Waals surface area (Å²) in [7, 11) is -3.91. The molecule has 0 bridgehead atoms. The average molecular weight is 420 g/mol. The molecule has 2 aliphatic rings. The van der Waals surface area contributed by atoms with Gasteiger partial charge in [0.05, 0.1) is 0 Å². The van der Waals surface area contributed by atoms with Gasteiger partial charge in [-0.15, -0.1) is 12.4 Å². The summed E-state index contributed by atoms with van der Waals surface area (Å²) < 4.78 is 41.0. The lowest BCUT2D eigenvalue weighted by Crippen LogP contribution is -2.32. The highest BCUT2D eigenvalue weighted by atomic mass is 35.5. The van der Waals surface area contributed by atoms with Gasteiger partial charge in [0.15, 0.2) is 0 Å². The number of amides is 1. The summed E-state index contributed by atoms with van der Waals surface area (Å²) in [5.74, 6) is -0.244. The number of hydrogen-bond donors (Lipinski definition) is 3. The molecule has 3 rings (SSSR count). The molecule has 152 valence electrons. The summed E-state index contributed by atoms with van der Waals surface area (Å²) in [4.78, 5) is 11.9. The average Bonchev–Trinajstić information content (AvgIpc) is 3.40. The number of nitrogens with one attached hydrogen (secondary N) is 3. The summed E-state index contributed by atoms with van der Waals surface area (Å²) in [5.41, 5.74) is 0.296. The van der Waals surface area contributed by atoms with E-state index in [0.717, 1.165) is 44.8 Å². The molecule has 0 aromatic heterocycles. The van der Waals surface area contributed by atoms with Crippen molar-refractivity contribution in [2.45, 2.75) is 50.0 Å². The van der Waals surface area contributed by atoms with Crippen LogP contribution < -0.4 is 15.4 Å². The molecule has 1 aromatic rings. The van der Waals surface area contributed by atoms with E-state index in [1.807, 2.05) is 0 Å². The number of carbonyl (C=O) groups excluding carboxylic acids is 1. The number of piperidine rings is 1. The highest BCUT2D eigenvalue weighted by Crippen LogP contribution is 2.27. The van der Waals surface area contributed by atoms with E-state index in [1.54, 1.807) is 0 Å². The Morgan fingerprint density at radius 1 is 1.26 bits per heavy atom. The van der Waals surface area contributed by atoms with Crippen molar-refractivity contribution in [3.8, 4) is 0 Å². The molecule has 1 atom stereocenters. The second kappa shape index (κ2) is 9.32. The minimum atomic E-state index is -3.91. The zero-order valence-electron chi connectivity index (χ0n) is 15.3. The third-order valence-electron chi connectivity index (χ3n) is 5.10. The Hall–Kier alpha value is -1.22. The maximum atomic E-state index is 14.0. The maximum absolute atomic E-state index is 14.0. The summed E-state index contributed by atoms with van der Waals surface area (Å²) in [6.07, 6.45) is 4.02. The van der Waals surface area contributed by atoms with E-state index in [0.29, 0.717) is 18.0 Å². The van der Waals surface area contributed by atoms with Gasteiger partial charge >= 0.3 is 0 Å². The van der Waals surface area contributed by atoms with Gasteiger partial charge in [-0.25, -0.2) is 17.5 Å². The summed E-state index contributed by atoms with van der Waals surface area (Å²) in [6.45, 7) is 4.02. The van der Waals surface area contributed by atoms with Crippen LogP contribution in [-0.4, -0.2) is 33.5 Å². The van der Waals surface area contributed by atoms with Crippen molar-refractivity contribution in [2.24, 2.45) is 11.8 Å². The molecule has 2 fully saturated rings. The minimum Gasteiger partial charge on any atom is -0.326 e. The van der Waals surface area contributed by atoms with Gasteiger partial charge in [0, 0.05) is 18.2 Å². The molecule has 27 heavy (non-hydrogen) atoms. The molecule has 6 nitrogen and oxygen atoms in total. The predicted molar refractivity (Wildman–Crippen MR) is 105 cm³/mol. The third-order valence-corrected chi connectivity index (χ3v) is 6.64. The topological polar surface area (TPSA) is 87.3 Å². The first kappa shape index (κ1) is 22.1. The first-order chi connectivity index (χ1) is 12.3. The number of hydrogen-bond acceptors (Lipinski definition) is 4. The van der Waals surface area contributed by atoms with E-state index < -0.39 is 20.7 Å². The molecule has 1 aromatic carbocycles. The largest absolute Gasteiger partial charge is 0.326 e. The normalized spacial score (nSPS) is 19.2. The van der Waals surface area contributed by atoms with Gasteiger partial charge in [0.25, 0.3) is 0 Å². The summed E-state index contributed by atoms with van der Waals surface area (Å²) in [6, 6.07) is 3.54. The van der Waals surface area contributed by atoms with Crippen molar-refractivity contribution >= 4 is 34.0 Å². The van der Waals surface area contributed by atoms with Gasteiger partial charge in [0.1, 0.15) is 10.7 Å². The quantitative estimate of drug-likeness (QED) is 0.634. The van der Waals surface area contributed by atoms with Crippen molar-refractivity contribution in [3.63, 3.8) is 0 Å². The molecular formula is C18H27ClFN3O3S. The molecule has 1 heterocycles. The zero-order chi connectivity index (χ0) is 18.7.